The van der Waals surface area contributed by atoms with Crippen LogP contribution in [-0.4, -0.2) is 24.5 Å². The van der Waals surface area contributed by atoms with Crippen LogP contribution >= 0.6 is 0 Å². The molecule has 1 aromatic carbocycles. The first-order valence-electron chi connectivity index (χ1n) is 5.76. The van der Waals surface area contributed by atoms with Crippen LogP contribution in [0.1, 0.15) is 35.7 Å². The molecule has 0 aliphatic carbocycles. The van der Waals surface area contributed by atoms with Crippen molar-refractivity contribution < 1.29 is 19.1 Å². The molecule has 1 aromatic rings. The van der Waals surface area contributed by atoms with Gasteiger partial charge in [0.1, 0.15) is 0 Å². The minimum atomic E-state index is -0.984. The number of hydrogen-bond acceptors (Lipinski definition) is 4. The maximum absolute atomic E-state index is 11.6. The quantitative estimate of drug-likeness (QED) is 0.797. The lowest BCUT2D eigenvalue weighted by molar-refractivity contribution is -0.123. The first-order valence-corrected chi connectivity index (χ1v) is 5.76. The van der Waals surface area contributed by atoms with E-state index in [2.05, 4.69) is 0 Å². The van der Waals surface area contributed by atoms with E-state index in [-0.39, 0.29) is 0 Å². The molecule has 3 amide bonds. The van der Waals surface area contributed by atoms with Gasteiger partial charge in [0.15, 0.2) is 6.61 Å². The Kier molecular flexibility index (Phi) is 5.05. The first-order chi connectivity index (χ1) is 8.90. The number of imide groups is 1. The fourth-order valence-corrected chi connectivity index (χ4v) is 1.39. The fraction of sp³-hybridized carbons (Fsp3) is 0.308. The van der Waals surface area contributed by atoms with Crippen LogP contribution in [0.3, 0.4) is 0 Å². The second-order valence-electron chi connectivity index (χ2n) is 4.27. The van der Waals surface area contributed by atoms with E-state index in [9.17, 15) is 14.4 Å². The number of primary amides is 1. The van der Waals surface area contributed by atoms with E-state index in [0.717, 1.165) is 5.56 Å². The molecule has 0 unspecified atom stereocenters. The SMILES string of the molecule is CC(C)c1ccc(C(=O)OCC(=O)NC(N)=O)cc1. The van der Waals surface area contributed by atoms with E-state index < -0.39 is 24.5 Å². The standard InChI is InChI=1S/C13H16N2O4/c1-8(2)9-3-5-10(6-4-9)12(17)19-7-11(16)15-13(14)18/h3-6,8H,7H2,1-2H3,(H3,14,15,16,18). The molecule has 0 heterocycles. The highest BCUT2D eigenvalue weighted by Gasteiger charge is 2.11. The van der Waals surface area contributed by atoms with Crippen LogP contribution in [-0.2, 0) is 9.53 Å². The van der Waals surface area contributed by atoms with Gasteiger partial charge in [-0.15, -0.1) is 0 Å². The molecule has 6 heteroatoms. The molecule has 1 rings (SSSR count). The maximum atomic E-state index is 11.6. The third kappa shape index (κ3) is 4.79. The van der Waals surface area contributed by atoms with Crippen molar-refractivity contribution in [3.05, 3.63) is 35.4 Å². The van der Waals surface area contributed by atoms with E-state index in [1.807, 2.05) is 26.0 Å². The maximum Gasteiger partial charge on any atom is 0.338 e. The molecule has 6 nitrogen and oxygen atoms in total. The van der Waals surface area contributed by atoms with Crippen LogP contribution in [0.15, 0.2) is 24.3 Å². The summed E-state index contributed by atoms with van der Waals surface area (Å²) in [7, 11) is 0. The molecular weight excluding hydrogens is 248 g/mol. The number of hydrogen-bond donors (Lipinski definition) is 2. The molecule has 0 saturated heterocycles. The van der Waals surface area contributed by atoms with Crippen LogP contribution in [0.4, 0.5) is 4.79 Å². The number of esters is 1. The van der Waals surface area contributed by atoms with Crippen molar-refractivity contribution in [2.45, 2.75) is 19.8 Å². The molecule has 19 heavy (non-hydrogen) atoms. The van der Waals surface area contributed by atoms with Crippen molar-refractivity contribution in [1.29, 1.82) is 0 Å². The van der Waals surface area contributed by atoms with E-state index in [4.69, 9.17) is 10.5 Å². The van der Waals surface area contributed by atoms with Gasteiger partial charge in [0.2, 0.25) is 0 Å². The fourth-order valence-electron chi connectivity index (χ4n) is 1.39. The van der Waals surface area contributed by atoms with Gasteiger partial charge in [-0.2, -0.15) is 0 Å². The van der Waals surface area contributed by atoms with Gasteiger partial charge < -0.3 is 10.5 Å². The number of carbonyl (C=O) groups is 3. The van der Waals surface area contributed by atoms with E-state index in [1.54, 1.807) is 17.4 Å². The van der Waals surface area contributed by atoms with Gasteiger partial charge in [-0.25, -0.2) is 9.59 Å². The molecule has 0 atom stereocenters. The predicted octanol–water partition coefficient (Wildman–Crippen LogP) is 1.16. The number of carbonyl (C=O) groups excluding carboxylic acids is 3. The average Bonchev–Trinajstić information content (AvgIpc) is 2.35. The Bertz CT molecular complexity index is 480. The monoisotopic (exact) mass is 264 g/mol. The number of nitrogens with one attached hydrogen (secondary N) is 1. The second kappa shape index (κ2) is 6.53. The highest BCUT2D eigenvalue weighted by atomic mass is 16.5. The zero-order valence-electron chi connectivity index (χ0n) is 10.8. The molecule has 0 aliphatic heterocycles. The normalized spacial score (nSPS) is 10.1. The van der Waals surface area contributed by atoms with Crippen molar-refractivity contribution in [1.82, 2.24) is 5.32 Å². The van der Waals surface area contributed by atoms with E-state index in [0.29, 0.717) is 11.5 Å². The van der Waals surface area contributed by atoms with E-state index >= 15 is 0 Å². The molecule has 0 radical (unpaired) electrons. The summed E-state index contributed by atoms with van der Waals surface area (Å²) in [6.07, 6.45) is 0. The van der Waals surface area contributed by atoms with Gasteiger partial charge >= 0.3 is 12.0 Å². The van der Waals surface area contributed by atoms with Crippen LogP contribution < -0.4 is 11.1 Å². The van der Waals surface area contributed by atoms with Gasteiger partial charge in [-0.3, -0.25) is 10.1 Å². The summed E-state index contributed by atoms with van der Waals surface area (Å²) in [6, 6.07) is 5.92. The van der Waals surface area contributed by atoms with Crippen LogP contribution in [0.25, 0.3) is 0 Å². The smallest absolute Gasteiger partial charge is 0.338 e. The third-order valence-corrected chi connectivity index (χ3v) is 2.41. The van der Waals surface area contributed by atoms with E-state index in [1.165, 1.54) is 0 Å². The summed E-state index contributed by atoms with van der Waals surface area (Å²) >= 11 is 0. The van der Waals surface area contributed by atoms with Crippen molar-refractivity contribution in [3.8, 4) is 0 Å². The summed E-state index contributed by atoms with van der Waals surface area (Å²) in [6.45, 7) is 3.54. The third-order valence-electron chi connectivity index (χ3n) is 2.41. The molecule has 0 spiro atoms. The Balaban J connectivity index is 2.54. The highest BCUT2D eigenvalue weighted by molar-refractivity contribution is 5.96. The lowest BCUT2D eigenvalue weighted by atomic mass is 10.0. The number of nitrogens with two attached hydrogens (primary N) is 1. The molecule has 0 bridgehead atoms. The lowest BCUT2D eigenvalue weighted by Gasteiger charge is -2.07. The number of rotatable bonds is 4. The summed E-state index contributed by atoms with van der Waals surface area (Å²) in [5.41, 5.74) is 6.19. The van der Waals surface area contributed by atoms with Gasteiger partial charge in [-0.05, 0) is 23.6 Å². The average molecular weight is 264 g/mol. The topological polar surface area (TPSA) is 98.5 Å². The molecule has 0 aromatic heterocycles. The van der Waals surface area contributed by atoms with Gasteiger partial charge in [-0.1, -0.05) is 26.0 Å². The number of ether oxygens (including phenoxy) is 1. The zero-order chi connectivity index (χ0) is 14.4. The Morgan fingerprint density at radius 1 is 1.21 bits per heavy atom. The Morgan fingerprint density at radius 2 is 1.79 bits per heavy atom. The van der Waals surface area contributed by atoms with Crippen molar-refractivity contribution in [2.24, 2.45) is 5.73 Å². The van der Waals surface area contributed by atoms with Crippen LogP contribution in [0.5, 0.6) is 0 Å². The van der Waals surface area contributed by atoms with Gasteiger partial charge in [0.05, 0.1) is 5.56 Å². The molecule has 102 valence electrons. The summed E-state index contributed by atoms with van der Waals surface area (Å²) < 4.78 is 4.73. The number of benzene rings is 1. The minimum Gasteiger partial charge on any atom is -0.452 e. The van der Waals surface area contributed by atoms with Crippen LogP contribution in [0.2, 0.25) is 0 Å². The lowest BCUT2D eigenvalue weighted by Crippen LogP contribution is -2.37. The Labute approximate surface area is 110 Å². The molecular formula is C13H16N2O4. The van der Waals surface area contributed by atoms with Gasteiger partial charge in [0.25, 0.3) is 5.91 Å². The first kappa shape index (κ1) is 14.7. The number of urea groups is 1. The molecule has 0 fully saturated rings. The van der Waals surface area contributed by atoms with Crippen LogP contribution in [0, 0.1) is 0 Å². The van der Waals surface area contributed by atoms with Crippen molar-refractivity contribution in [2.75, 3.05) is 6.61 Å². The van der Waals surface area contributed by atoms with Crippen molar-refractivity contribution in [3.63, 3.8) is 0 Å². The highest BCUT2D eigenvalue weighted by Crippen LogP contribution is 2.15. The summed E-state index contributed by atoms with van der Waals surface area (Å²) in [4.78, 5) is 33.0. The number of amides is 3. The molecule has 0 saturated carbocycles. The molecule has 0 aliphatic rings. The van der Waals surface area contributed by atoms with Crippen molar-refractivity contribution >= 4 is 17.9 Å². The Morgan fingerprint density at radius 3 is 2.26 bits per heavy atom. The second-order valence-corrected chi connectivity index (χ2v) is 4.27. The largest absolute Gasteiger partial charge is 0.452 e. The molecule has 3 N–H and O–H groups in total. The summed E-state index contributed by atoms with van der Waals surface area (Å²) in [5, 5.41) is 1.80. The predicted molar refractivity (Wildman–Crippen MR) is 68.5 cm³/mol. The van der Waals surface area contributed by atoms with Gasteiger partial charge in [0, 0.05) is 0 Å². The Hall–Kier alpha value is -2.37. The zero-order valence-corrected chi connectivity index (χ0v) is 10.8. The summed E-state index contributed by atoms with van der Waals surface area (Å²) in [5.74, 6) is -1.03. The minimum absolute atomic E-state index is 0.344.